The van der Waals surface area contributed by atoms with Crippen LogP contribution < -0.4 is 14.4 Å². The molecule has 8 nitrogen and oxygen atoms in total. The van der Waals surface area contributed by atoms with Crippen LogP contribution in [0.3, 0.4) is 0 Å². The van der Waals surface area contributed by atoms with Crippen LogP contribution in [0.2, 0.25) is 0 Å². The van der Waals surface area contributed by atoms with E-state index in [1.54, 1.807) is 96.8 Å². The number of carbonyl (C=O) groups excluding carboxylic acids is 4. The number of anilines is 2. The molecule has 4 heterocycles. The predicted molar refractivity (Wildman–Crippen MR) is 134 cm³/mol. The molecule has 2 aliphatic heterocycles. The highest BCUT2D eigenvalue weighted by molar-refractivity contribution is 6.35. The largest absolute Gasteiger partial charge is 0.287 e. The van der Waals surface area contributed by atoms with Gasteiger partial charge in [-0.25, -0.2) is 4.57 Å². The van der Waals surface area contributed by atoms with Crippen molar-refractivity contribution in [2.75, 3.05) is 9.80 Å². The number of aromatic nitrogens is 2. The van der Waals surface area contributed by atoms with Gasteiger partial charge in [-0.1, -0.05) is 24.3 Å². The molecule has 0 saturated carbocycles. The Hall–Kier alpha value is -5.24. The Bertz CT molecular complexity index is 1680. The number of carbonyl (C=O) groups is 4. The SMILES string of the molecule is C[n+]1cccc(C(=O)N2/C(=C3\C(=O)c4ccccc4N3C(=O)c3cccnc3)C(=O)c3ccccc32)c1. The quantitative estimate of drug-likeness (QED) is 0.319. The number of aryl methyl sites for hydroxylation is 1. The summed E-state index contributed by atoms with van der Waals surface area (Å²) in [4.78, 5) is 61.8. The molecule has 0 radical (unpaired) electrons. The van der Waals surface area contributed by atoms with Crippen LogP contribution in [-0.2, 0) is 7.05 Å². The number of hydrogen-bond acceptors (Lipinski definition) is 5. The fourth-order valence-electron chi connectivity index (χ4n) is 4.73. The minimum atomic E-state index is -0.531. The Morgan fingerprint density at radius 3 is 1.78 bits per heavy atom. The highest BCUT2D eigenvalue weighted by atomic mass is 16.2. The highest BCUT2D eigenvalue weighted by Crippen LogP contribution is 2.43. The van der Waals surface area contributed by atoms with E-state index in [0.717, 1.165) is 0 Å². The number of nitrogens with zero attached hydrogens (tertiary/aromatic N) is 4. The molecule has 0 aliphatic carbocycles. The second-order valence-corrected chi connectivity index (χ2v) is 8.67. The van der Waals surface area contributed by atoms with Crippen LogP contribution in [0.5, 0.6) is 0 Å². The summed E-state index contributed by atoms with van der Waals surface area (Å²) in [5, 5.41) is 0. The average molecular weight is 487 g/mol. The van der Waals surface area contributed by atoms with Gasteiger partial charge in [0.05, 0.1) is 16.9 Å². The van der Waals surface area contributed by atoms with Gasteiger partial charge in [0.1, 0.15) is 24.0 Å². The number of amides is 2. The third-order valence-corrected chi connectivity index (χ3v) is 6.38. The maximum Gasteiger partial charge on any atom is 0.269 e. The van der Waals surface area contributed by atoms with Crippen molar-refractivity contribution in [3.8, 4) is 0 Å². The van der Waals surface area contributed by atoms with Crippen molar-refractivity contribution >= 4 is 34.8 Å². The van der Waals surface area contributed by atoms with Crippen molar-refractivity contribution in [3.05, 3.63) is 131 Å². The third kappa shape index (κ3) is 3.38. The summed E-state index contributed by atoms with van der Waals surface area (Å²) >= 11 is 0. The van der Waals surface area contributed by atoms with E-state index in [-0.39, 0.29) is 28.1 Å². The summed E-state index contributed by atoms with van der Waals surface area (Å²) in [7, 11) is 1.78. The molecular formula is C29H19N4O4+. The van der Waals surface area contributed by atoms with Gasteiger partial charge in [-0.3, -0.25) is 34.0 Å². The second kappa shape index (κ2) is 8.46. The number of hydrogen-bond donors (Lipinski definition) is 0. The van der Waals surface area contributed by atoms with Crippen molar-refractivity contribution in [1.29, 1.82) is 0 Å². The van der Waals surface area contributed by atoms with E-state index in [2.05, 4.69) is 4.98 Å². The zero-order valence-corrected chi connectivity index (χ0v) is 19.7. The molecule has 4 aromatic rings. The number of para-hydroxylation sites is 2. The van der Waals surface area contributed by atoms with Crippen molar-refractivity contribution in [2.24, 2.45) is 7.05 Å². The zero-order chi connectivity index (χ0) is 25.7. The highest BCUT2D eigenvalue weighted by Gasteiger charge is 2.47. The molecule has 0 spiro atoms. The summed E-state index contributed by atoms with van der Waals surface area (Å²) in [6, 6.07) is 19.9. The van der Waals surface area contributed by atoms with Gasteiger partial charge < -0.3 is 0 Å². The van der Waals surface area contributed by atoms with Crippen molar-refractivity contribution in [3.63, 3.8) is 0 Å². The summed E-state index contributed by atoms with van der Waals surface area (Å²) in [5.41, 5.74) is 1.47. The first-order chi connectivity index (χ1) is 18.0. The topological polar surface area (TPSA) is 91.5 Å². The van der Waals surface area contributed by atoms with Gasteiger partial charge in [0, 0.05) is 29.6 Å². The molecule has 0 fully saturated rings. The molecule has 0 bridgehead atoms. The molecule has 178 valence electrons. The lowest BCUT2D eigenvalue weighted by Gasteiger charge is -2.24. The number of allylic oxidation sites excluding steroid dienone is 2. The average Bonchev–Trinajstić information content (AvgIpc) is 3.39. The minimum Gasteiger partial charge on any atom is -0.287 e. The fraction of sp³-hybridized carbons (Fsp3) is 0.0345. The summed E-state index contributed by atoms with van der Waals surface area (Å²) in [6.07, 6.45) is 6.36. The van der Waals surface area contributed by atoms with Crippen LogP contribution in [0.4, 0.5) is 11.4 Å². The lowest BCUT2D eigenvalue weighted by Crippen LogP contribution is -2.38. The van der Waals surface area contributed by atoms with Crippen molar-refractivity contribution in [1.82, 2.24) is 4.98 Å². The van der Waals surface area contributed by atoms with Crippen LogP contribution in [0.15, 0.2) is 109 Å². The van der Waals surface area contributed by atoms with Gasteiger partial charge in [-0.2, -0.15) is 0 Å². The fourth-order valence-corrected chi connectivity index (χ4v) is 4.73. The Labute approximate surface area is 211 Å². The van der Waals surface area contributed by atoms with Gasteiger partial charge in [0.15, 0.2) is 12.4 Å². The molecule has 2 amide bonds. The standard InChI is InChI=1S/C29H19N4O4/c1-31-15-7-9-19(17-31)29(37)33-23-13-5-3-11-21(23)27(35)25(33)24-26(34)20-10-2-4-12-22(20)32(24)28(36)18-8-6-14-30-16-18/h2-17H,1H3/q+1/b25-24+. The summed E-state index contributed by atoms with van der Waals surface area (Å²) in [6.45, 7) is 0. The number of ketones is 2. The first kappa shape index (κ1) is 22.2. The van der Waals surface area contributed by atoms with Gasteiger partial charge in [-0.15, -0.1) is 0 Å². The van der Waals surface area contributed by atoms with Crippen LogP contribution in [0.25, 0.3) is 0 Å². The maximum absolute atomic E-state index is 13.9. The lowest BCUT2D eigenvalue weighted by atomic mass is 10.1. The molecule has 2 aromatic carbocycles. The van der Waals surface area contributed by atoms with Crippen molar-refractivity contribution < 1.29 is 23.7 Å². The van der Waals surface area contributed by atoms with E-state index in [9.17, 15) is 19.2 Å². The molecule has 2 aromatic heterocycles. The van der Waals surface area contributed by atoms with Crippen LogP contribution in [-0.4, -0.2) is 28.4 Å². The molecule has 0 N–H and O–H groups in total. The number of pyridine rings is 2. The van der Waals surface area contributed by atoms with E-state index < -0.39 is 23.4 Å². The van der Waals surface area contributed by atoms with E-state index in [4.69, 9.17) is 0 Å². The third-order valence-electron chi connectivity index (χ3n) is 6.38. The van der Waals surface area contributed by atoms with Gasteiger partial charge in [0.2, 0.25) is 11.6 Å². The van der Waals surface area contributed by atoms with Crippen LogP contribution in [0.1, 0.15) is 41.4 Å². The zero-order valence-electron chi connectivity index (χ0n) is 19.7. The number of fused-ring (bicyclic) bond motifs is 2. The molecule has 0 saturated heterocycles. The molecular weight excluding hydrogens is 468 g/mol. The molecule has 0 atom stereocenters. The second-order valence-electron chi connectivity index (χ2n) is 8.67. The molecule has 8 heteroatoms. The minimum absolute atomic E-state index is 0.156. The Morgan fingerprint density at radius 1 is 0.703 bits per heavy atom. The Morgan fingerprint density at radius 2 is 1.24 bits per heavy atom. The van der Waals surface area contributed by atoms with E-state index in [1.165, 1.54) is 22.2 Å². The van der Waals surface area contributed by atoms with Crippen molar-refractivity contribution in [2.45, 2.75) is 0 Å². The van der Waals surface area contributed by atoms with Crippen LogP contribution >= 0.6 is 0 Å². The molecule has 6 rings (SSSR count). The monoisotopic (exact) mass is 487 g/mol. The lowest BCUT2D eigenvalue weighted by molar-refractivity contribution is -0.671. The van der Waals surface area contributed by atoms with E-state index >= 15 is 0 Å². The number of Topliss-reactive ketones (excluding diaryl/α,β-unsaturated/α-hetero) is 2. The predicted octanol–water partition coefficient (Wildman–Crippen LogP) is 3.50. The normalized spacial score (nSPS) is 16.1. The summed E-state index contributed by atoms with van der Waals surface area (Å²) < 4.78 is 1.72. The van der Waals surface area contributed by atoms with E-state index in [1.807, 2.05) is 0 Å². The smallest absolute Gasteiger partial charge is 0.269 e. The summed E-state index contributed by atoms with van der Waals surface area (Å²) in [5.74, 6) is -2.05. The Kier molecular flexibility index (Phi) is 5.08. The molecule has 0 unspecified atom stereocenters. The van der Waals surface area contributed by atoms with Gasteiger partial charge in [0.25, 0.3) is 11.8 Å². The Balaban J connectivity index is 1.62. The first-order valence-electron chi connectivity index (χ1n) is 11.5. The van der Waals surface area contributed by atoms with Gasteiger partial charge in [-0.05, 0) is 42.5 Å². The van der Waals surface area contributed by atoms with Gasteiger partial charge >= 0.3 is 0 Å². The first-order valence-corrected chi connectivity index (χ1v) is 11.5. The number of benzene rings is 2. The molecule has 2 aliphatic rings. The maximum atomic E-state index is 13.9. The van der Waals surface area contributed by atoms with Crippen LogP contribution in [0, 0.1) is 0 Å². The molecule has 37 heavy (non-hydrogen) atoms. The number of rotatable bonds is 2. The van der Waals surface area contributed by atoms with E-state index in [0.29, 0.717) is 16.9 Å².